The summed E-state index contributed by atoms with van der Waals surface area (Å²) in [4.78, 5) is 4.48. The third kappa shape index (κ3) is 2.60. The lowest BCUT2D eigenvalue weighted by molar-refractivity contribution is 0.760. The zero-order chi connectivity index (χ0) is 11.7. The quantitative estimate of drug-likeness (QED) is 0.912. The maximum atomic E-state index is 4.48. The summed E-state index contributed by atoms with van der Waals surface area (Å²) in [5.74, 6) is 0.972. The molecule has 0 saturated heterocycles. The van der Waals surface area contributed by atoms with Gasteiger partial charge in [-0.1, -0.05) is 25.0 Å². The Balaban J connectivity index is 1.81. The minimum atomic E-state index is 0.972. The van der Waals surface area contributed by atoms with E-state index in [1.54, 1.807) is 0 Å². The van der Waals surface area contributed by atoms with E-state index in [0.29, 0.717) is 0 Å². The van der Waals surface area contributed by atoms with E-state index in [1.165, 1.54) is 24.6 Å². The van der Waals surface area contributed by atoms with E-state index in [2.05, 4.69) is 50.5 Å². The van der Waals surface area contributed by atoms with Gasteiger partial charge in [0.15, 0.2) is 0 Å². The van der Waals surface area contributed by atoms with Crippen LogP contribution in [0.2, 0.25) is 0 Å². The number of nitrogens with one attached hydrogen (secondary N) is 1. The Morgan fingerprint density at radius 2 is 2.24 bits per heavy atom. The first-order chi connectivity index (χ1) is 8.33. The molecule has 0 radical (unpaired) electrons. The monoisotopic (exact) mass is 290 g/mol. The molecular weight excluding hydrogens is 276 g/mol. The van der Waals surface area contributed by atoms with Gasteiger partial charge in [-0.3, -0.25) is 4.98 Å². The molecule has 0 bridgehead atoms. The predicted molar refractivity (Wildman–Crippen MR) is 75.3 cm³/mol. The summed E-state index contributed by atoms with van der Waals surface area (Å²) < 4.78 is 1.03. The summed E-state index contributed by atoms with van der Waals surface area (Å²) in [6.45, 7) is 1.06. The second-order valence-corrected chi connectivity index (χ2v) is 5.61. The molecule has 1 aliphatic rings. The van der Waals surface area contributed by atoms with Crippen LogP contribution in [-0.2, 0) is 0 Å². The Labute approximate surface area is 110 Å². The van der Waals surface area contributed by atoms with Crippen LogP contribution in [0.4, 0.5) is 5.69 Å². The highest BCUT2D eigenvalue weighted by molar-refractivity contribution is 9.10. The third-order valence-corrected chi connectivity index (χ3v) is 3.68. The van der Waals surface area contributed by atoms with Crippen LogP contribution >= 0.6 is 15.9 Å². The zero-order valence-electron chi connectivity index (χ0n) is 9.62. The number of hydrogen-bond acceptors (Lipinski definition) is 2. The normalized spacial score (nSPS) is 15.1. The minimum Gasteiger partial charge on any atom is -0.383 e. The van der Waals surface area contributed by atoms with Crippen molar-refractivity contribution in [1.82, 2.24) is 4.98 Å². The molecule has 0 atom stereocenters. The molecule has 0 amide bonds. The minimum absolute atomic E-state index is 0.972. The van der Waals surface area contributed by atoms with Gasteiger partial charge < -0.3 is 5.32 Å². The molecule has 2 aromatic rings. The number of anilines is 1. The molecule has 3 heteroatoms. The van der Waals surface area contributed by atoms with Crippen LogP contribution in [-0.4, -0.2) is 11.5 Å². The number of fused-ring (bicyclic) bond motifs is 1. The first-order valence-corrected chi connectivity index (χ1v) is 6.90. The van der Waals surface area contributed by atoms with Crippen LogP contribution in [0.25, 0.3) is 10.9 Å². The molecule has 1 N–H and O–H groups in total. The maximum Gasteiger partial charge on any atom is 0.0934 e. The number of benzene rings is 1. The second-order valence-electron chi connectivity index (χ2n) is 4.69. The topological polar surface area (TPSA) is 24.9 Å². The van der Waals surface area contributed by atoms with Gasteiger partial charge in [0.25, 0.3) is 0 Å². The van der Waals surface area contributed by atoms with E-state index >= 15 is 0 Å². The summed E-state index contributed by atoms with van der Waals surface area (Å²) in [5, 5.41) is 4.68. The van der Waals surface area contributed by atoms with E-state index in [1.807, 2.05) is 6.20 Å². The maximum absolute atomic E-state index is 4.48. The lowest BCUT2D eigenvalue weighted by atomic mass is 10.2. The van der Waals surface area contributed by atoms with Gasteiger partial charge in [0.2, 0.25) is 0 Å². The Kier molecular flexibility index (Phi) is 3.02. The molecule has 2 nitrogen and oxygen atoms in total. The molecule has 0 spiro atoms. The van der Waals surface area contributed by atoms with Gasteiger partial charge in [-0.2, -0.15) is 0 Å². The predicted octanol–water partition coefficient (Wildman–Crippen LogP) is 4.21. The molecule has 1 heterocycles. The summed E-state index contributed by atoms with van der Waals surface area (Å²) >= 11 is 3.45. The summed E-state index contributed by atoms with van der Waals surface area (Å²) in [7, 11) is 0. The first-order valence-electron chi connectivity index (χ1n) is 6.11. The van der Waals surface area contributed by atoms with Crippen LogP contribution in [0.3, 0.4) is 0 Å². The number of pyridine rings is 1. The van der Waals surface area contributed by atoms with Crippen LogP contribution in [0, 0.1) is 5.92 Å². The zero-order valence-corrected chi connectivity index (χ0v) is 11.2. The van der Waals surface area contributed by atoms with Crippen molar-refractivity contribution in [3.05, 3.63) is 34.9 Å². The summed E-state index contributed by atoms with van der Waals surface area (Å²) in [5.41, 5.74) is 2.21. The average Bonchev–Trinajstić information content (AvgIpc) is 3.13. The van der Waals surface area contributed by atoms with E-state index < -0.39 is 0 Å². The number of hydrogen-bond donors (Lipinski definition) is 1. The second kappa shape index (κ2) is 4.65. The van der Waals surface area contributed by atoms with Crippen LogP contribution in [0.1, 0.15) is 19.3 Å². The molecular formula is C14H15BrN2. The number of rotatable bonds is 4. The first kappa shape index (κ1) is 11.0. The van der Waals surface area contributed by atoms with E-state index in [-0.39, 0.29) is 0 Å². The number of halogens is 1. The standard InChI is InChI=1S/C14H15BrN2/c15-12-8-11-2-1-3-13(14(11)17-9-12)16-7-6-10-4-5-10/h1-3,8-10,16H,4-7H2. The van der Waals surface area contributed by atoms with Crippen molar-refractivity contribution in [3.8, 4) is 0 Å². The average molecular weight is 291 g/mol. The summed E-state index contributed by atoms with van der Waals surface area (Å²) in [6.07, 6.45) is 5.98. The van der Waals surface area contributed by atoms with Crippen molar-refractivity contribution in [3.63, 3.8) is 0 Å². The van der Waals surface area contributed by atoms with Crippen molar-refractivity contribution >= 4 is 32.5 Å². The highest BCUT2D eigenvalue weighted by Gasteiger charge is 2.20. The van der Waals surface area contributed by atoms with Gasteiger partial charge in [0.05, 0.1) is 11.2 Å². The molecule has 88 valence electrons. The molecule has 0 aliphatic heterocycles. The largest absolute Gasteiger partial charge is 0.383 e. The molecule has 1 aliphatic carbocycles. The molecule has 3 rings (SSSR count). The fourth-order valence-corrected chi connectivity index (χ4v) is 2.44. The fourth-order valence-electron chi connectivity index (χ4n) is 2.09. The molecule has 17 heavy (non-hydrogen) atoms. The Morgan fingerprint density at radius 1 is 1.35 bits per heavy atom. The lowest BCUT2D eigenvalue weighted by Crippen LogP contribution is -2.03. The number of aromatic nitrogens is 1. The SMILES string of the molecule is Brc1cnc2c(NCCC3CC3)cccc2c1. The van der Waals surface area contributed by atoms with Crippen molar-refractivity contribution in [1.29, 1.82) is 0 Å². The Morgan fingerprint density at radius 3 is 3.06 bits per heavy atom. The van der Waals surface area contributed by atoms with Crippen LogP contribution in [0.5, 0.6) is 0 Å². The van der Waals surface area contributed by atoms with Gasteiger partial charge in [-0.05, 0) is 40.4 Å². The molecule has 1 aromatic carbocycles. The Bertz CT molecular complexity index is 535. The highest BCUT2D eigenvalue weighted by atomic mass is 79.9. The van der Waals surface area contributed by atoms with Crippen molar-refractivity contribution < 1.29 is 0 Å². The van der Waals surface area contributed by atoms with Gasteiger partial charge in [0.1, 0.15) is 0 Å². The number of para-hydroxylation sites is 1. The van der Waals surface area contributed by atoms with Gasteiger partial charge in [-0.15, -0.1) is 0 Å². The van der Waals surface area contributed by atoms with Gasteiger partial charge in [0, 0.05) is 22.6 Å². The smallest absolute Gasteiger partial charge is 0.0934 e. The van der Waals surface area contributed by atoms with Gasteiger partial charge >= 0.3 is 0 Å². The van der Waals surface area contributed by atoms with Crippen molar-refractivity contribution in [2.75, 3.05) is 11.9 Å². The molecule has 1 saturated carbocycles. The molecule has 1 fully saturated rings. The number of nitrogens with zero attached hydrogens (tertiary/aromatic N) is 1. The van der Waals surface area contributed by atoms with Crippen molar-refractivity contribution in [2.45, 2.75) is 19.3 Å². The van der Waals surface area contributed by atoms with Crippen LogP contribution < -0.4 is 5.32 Å². The van der Waals surface area contributed by atoms with E-state index in [4.69, 9.17) is 0 Å². The van der Waals surface area contributed by atoms with Gasteiger partial charge in [-0.25, -0.2) is 0 Å². The van der Waals surface area contributed by atoms with Crippen molar-refractivity contribution in [2.24, 2.45) is 5.92 Å². The highest BCUT2D eigenvalue weighted by Crippen LogP contribution is 2.32. The van der Waals surface area contributed by atoms with E-state index in [9.17, 15) is 0 Å². The molecule has 1 aromatic heterocycles. The lowest BCUT2D eigenvalue weighted by Gasteiger charge is -2.08. The van der Waals surface area contributed by atoms with E-state index in [0.717, 1.165) is 28.1 Å². The fraction of sp³-hybridized carbons (Fsp3) is 0.357. The third-order valence-electron chi connectivity index (χ3n) is 3.24. The summed E-state index contributed by atoms with van der Waals surface area (Å²) in [6, 6.07) is 8.39. The Hall–Kier alpha value is -1.09. The molecule has 0 unspecified atom stereocenters. The van der Waals surface area contributed by atoms with Crippen LogP contribution in [0.15, 0.2) is 34.9 Å².